The Kier molecular flexibility index (Phi) is 5.05. The van der Waals surface area contributed by atoms with E-state index in [4.69, 9.17) is 4.74 Å². The molecule has 0 atom stereocenters. The van der Waals surface area contributed by atoms with Gasteiger partial charge in [0.15, 0.2) is 6.61 Å². The fraction of sp³-hybridized carbons (Fsp3) is 0.474. The number of benzene rings is 1. The summed E-state index contributed by atoms with van der Waals surface area (Å²) in [6.45, 7) is 2.67. The van der Waals surface area contributed by atoms with Crippen LogP contribution in [0.3, 0.4) is 0 Å². The van der Waals surface area contributed by atoms with Crippen molar-refractivity contribution in [2.24, 2.45) is 0 Å². The highest BCUT2D eigenvalue weighted by molar-refractivity contribution is 5.88. The molecule has 5 nitrogen and oxygen atoms in total. The summed E-state index contributed by atoms with van der Waals surface area (Å²) in [5, 5.41) is 10.2. The first-order chi connectivity index (χ1) is 11.7. The van der Waals surface area contributed by atoms with Crippen molar-refractivity contribution in [2.75, 3.05) is 13.2 Å². The number of nitrogens with one attached hydrogen (secondary N) is 1. The molecule has 1 aromatic carbocycles. The van der Waals surface area contributed by atoms with Crippen LogP contribution in [0, 0.1) is 11.3 Å². The van der Waals surface area contributed by atoms with Gasteiger partial charge in [0.2, 0.25) is 5.88 Å². The number of nitriles is 1. The summed E-state index contributed by atoms with van der Waals surface area (Å²) >= 11 is 0. The van der Waals surface area contributed by atoms with E-state index in [1.54, 1.807) is 0 Å². The Morgan fingerprint density at radius 1 is 1.33 bits per heavy atom. The summed E-state index contributed by atoms with van der Waals surface area (Å²) in [4.78, 5) is 17.6. The normalized spacial score (nSPS) is 15.2. The Bertz CT molecular complexity index is 754. The quantitative estimate of drug-likeness (QED) is 0.913. The number of likely N-dealkylation sites (N-methyl/N-ethyl adjacent to an activating group) is 1. The topological polar surface area (TPSA) is 69.1 Å². The van der Waals surface area contributed by atoms with Gasteiger partial charge in [0, 0.05) is 23.5 Å². The number of hydrogen-bond donors (Lipinski definition) is 1. The van der Waals surface area contributed by atoms with Gasteiger partial charge in [-0.2, -0.15) is 5.26 Å². The number of aromatic nitrogens is 1. The van der Waals surface area contributed by atoms with E-state index in [1.165, 1.54) is 19.3 Å². The smallest absolute Gasteiger partial charge is 0.260 e. The molecule has 0 bridgehead atoms. The summed E-state index contributed by atoms with van der Waals surface area (Å²) in [5.74, 6) is 0.374. The summed E-state index contributed by atoms with van der Waals surface area (Å²) in [5.41, 5.74) is 1.30. The molecule has 5 heteroatoms. The lowest BCUT2D eigenvalue weighted by atomic mass is 9.94. The molecular weight excluding hydrogens is 302 g/mol. The molecule has 126 valence electrons. The number of aromatic amines is 1. The molecule has 0 radical (unpaired) electrons. The van der Waals surface area contributed by atoms with E-state index in [2.05, 4.69) is 11.1 Å². The second-order valence-corrected chi connectivity index (χ2v) is 6.25. The van der Waals surface area contributed by atoms with Crippen LogP contribution in [0.15, 0.2) is 24.3 Å². The van der Waals surface area contributed by atoms with Gasteiger partial charge in [-0.15, -0.1) is 0 Å². The predicted octanol–water partition coefficient (Wildman–Crippen LogP) is 3.60. The number of H-pyrrole nitrogens is 1. The summed E-state index contributed by atoms with van der Waals surface area (Å²) in [6.07, 6.45) is 5.80. The third kappa shape index (κ3) is 3.23. The second-order valence-electron chi connectivity index (χ2n) is 6.25. The van der Waals surface area contributed by atoms with E-state index >= 15 is 0 Å². The number of carbonyl (C=O) groups excluding carboxylic acids is 1. The molecule has 24 heavy (non-hydrogen) atoms. The molecule has 3 rings (SSSR count). The van der Waals surface area contributed by atoms with Crippen LogP contribution in [-0.4, -0.2) is 35.0 Å². The lowest BCUT2D eigenvalue weighted by Gasteiger charge is -2.33. The highest BCUT2D eigenvalue weighted by atomic mass is 16.5. The van der Waals surface area contributed by atoms with E-state index in [-0.39, 0.29) is 12.5 Å². The van der Waals surface area contributed by atoms with Gasteiger partial charge in [-0.05, 0) is 25.8 Å². The van der Waals surface area contributed by atoms with Gasteiger partial charge >= 0.3 is 0 Å². The van der Waals surface area contributed by atoms with Crippen LogP contribution in [-0.2, 0) is 4.79 Å². The predicted molar refractivity (Wildman–Crippen MR) is 92.8 cm³/mol. The Morgan fingerprint density at radius 3 is 2.79 bits per heavy atom. The Hall–Kier alpha value is -2.48. The number of carbonyl (C=O) groups is 1. The zero-order valence-electron chi connectivity index (χ0n) is 14.0. The zero-order valence-corrected chi connectivity index (χ0v) is 14.0. The average Bonchev–Trinajstić information content (AvgIpc) is 2.99. The standard InChI is InChI=1S/C19H23N3O2/c1-2-22(14-8-4-3-5-9-14)18(23)13-24-19-16(12-20)15-10-6-7-11-17(15)21-19/h6-7,10-11,14,21H,2-5,8-9,13H2,1H3. The Morgan fingerprint density at radius 2 is 2.08 bits per heavy atom. The first kappa shape index (κ1) is 16.4. The maximum absolute atomic E-state index is 12.6. The van der Waals surface area contributed by atoms with Crippen molar-refractivity contribution < 1.29 is 9.53 Å². The zero-order chi connectivity index (χ0) is 16.9. The maximum atomic E-state index is 12.6. The molecule has 1 fully saturated rings. The molecule has 1 N–H and O–H groups in total. The van der Waals surface area contributed by atoms with E-state index in [9.17, 15) is 10.1 Å². The van der Waals surface area contributed by atoms with Gasteiger partial charge in [0.25, 0.3) is 5.91 Å². The molecule has 1 heterocycles. The molecule has 0 spiro atoms. The SMILES string of the molecule is CCN(C(=O)COc1[nH]c2ccccc2c1C#N)C1CCCCC1. The summed E-state index contributed by atoms with van der Waals surface area (Å²) in [6, 6.07) is 10.1. The van der Waals surface area contributed by atoms with Crippen molar-refractivity contribution >= 4 is 16.8 Å². The molecule has 1 saturated carbocycles. The molecule has 2 aromatic rings. The van der Waals surface area contributed by atoms with E-state index in [0.717, 1.165) is 23.7 Å². The Balaban J connectivity index is 1.70. The molecule has 0 aliphatic heterocycles. The van der Waals surface area contributed by atoms with Gasteiger partial charge in [0.1, 0.15) is 11.6 Å². The Labute approximate surface area is 142 Å². The highest BCUT2D eigenvalue weighted by Gasteiger charge is 2.24. The van der Waals surface area contributed by atoms with Crippen LogP contribution in [0.25, 0.3) is 10.9 Å². The average molecular weight is 325 g/mol. The van der Waals surface area contributed by atoms with Crippen molar-refractivity contribution in [3.63, 3.8) is 0 Å². The van der Waals surface area contributed by atoms with Crippen molar-refractivity contribution in [1.29, 1.82) is 5.26 Å². The first-order valence-electron chi connectivity index (χ1n) is 8.67. The molecule has 1 aliphatic rings. The van der Waals surface area contributed by atoms with Gasteiger partial charge < -0.3 is 14.6 Å². The third-order valence-corrected chi connectivity index (χ3v) is 4.80. The monoisotopic (exact) mass is 325 g/mol. The number of amides is 1. The van der Waals surface area contributed by atoms with Crippen molar-refractivity contribution in [2.45, 2.75) is 45.1 Å². The van der Waals surface area contributed by atoms with E-state index < -0.39 is 0 Å². The lowest BCUT2D eigenvalue weighted by molar-refractivity contribution is -0.136. The van der Waals surface area contributed by atoms with Gasteiger partial charge in [-0.3, -0.25) is 4.79 Å². The van der Waals surface area contributed by atoms with Crippen molar-refractivity contribution in [1.82, 2.24) is 9.88 Å². The molecule has 1 amide bonds. The number of hydrogen-bond acceptors (Lipinski definition) is 3. The van der Waals surface area contributed by atoms with Crippen molar-refractivity contribution in [3.05, 3.63) is 29.8 Å². The molecule has 0 unspecified atom stereocenters. The molecule has 0 saturated heterocycles. The number of fused-ring (bicyclic) bond motifs is 1. The number of para-hydroxylation sites is 1. The maximum Gasteiger partial charge on any atom is 0.260 e. The summed E-state index contributed by atoms with van der Waals surface area (Å²) < 4.78 is 5.68. The number of nitrogens with zero attached hydrogens (tertiary/aromatic N) is 2. The highest BCUT2D eigenvalue weighted by Crippen LogP contribution is 2.27. The minimum atomic E-state index is -0.0359. The third-order valence-electron chi connectivity index (χ3n) is 4.80. The second kappa shape index (κ2) is 7.39. The van der Waals surface area contributed by atoms with Crippen LogP contribution in [0.4, 0.5) is 0 Å². The fourth-order valence-electron chi connectivity index (χ4n) is 3.58. The number of ether oxygens (including phenoxy) is 1. The summed E-state index contributed by atoms with van der Waals surface area (Å²) in [7, 11) is 0. The van der Waals surface area contributed by atoms with Crippen LogP contribution < -0.4 is 4.74 Å². The minimum absolute atomic E-state index is 0.00746. The molecule has 1 aromatic heterocycles. The number of rotatable bonds is 5. The molecule has 1 aliphatic carbocycles. The minimum Gasteiger partial charge on any atom is -0.468 e. The van der Waals surface area contributed by atoms with Crippen LogP contribution in [0.1, 0.15) is 44.6 Å². The van der Waals surface area contributed by atoms with Crippen molar-refractivity contribution in [3.8, 4) is 11.9 Å². The van der Waals surface area contributed by atoms with Gasteiger partial charge in [-0.25, -0.2) is 0 Å². The largest absolute Gasteiger partial charge is 0.468 e. The fourth-order valence-corrected chi connectivity index (χ4v) is 3.58. The first-order valence-corrected chi connectivity index (χ1v) is 8.67. The van der Waals surface area contributed by atoms with Crippen LogP contribution in [0.5, 0.6) is 5.88 Å². The van der Waals surface area contributed by atoms with Gasteiger partial charge in [-0.1, -0.05) is 37.5 Å². The van der Waals surface area contributed by atoms with Gasteiger partial charge in [0.05, 0.1) is 0 Å². The van der Waals surface area contributed by atoms with Crippen LogP contribution >= 0.6 is 0 Å². The van der Waals surface area contributed by atoms with E-state index in [0.29, 0.717) is 24.0 Å². The van der Waals surface area contributed by atoms with Crippen LogP contribution in [0.2, 0.25) is 0 Å². The lowest BCUT2D eigenvalue weighted by Crippen LogP contribution is -2.43. The van der Waals surface area contributed by atoms with E-state index in [1.807, 2.05) is 36.1 Å². The molecular formula is C19H23N3O2.